The van der Waals surface area contributed by atoms with E-state index in [9.17, 15) is 13.4 Å². The van der Waals surface area contributed by atoms with Crippen molar-refractivity contribution in [2.24, 2.45) is 5.92 Å². The molecule has 106 valence electrons. The SMILES string of the molecule is CC(C)CCNC(=O)C(C)S(=O)c1ccccc1F. The van der Waals surface area contributed by atoms with Gasteiger partial charge in [-0.05, 0) is 31.4 Å². The van der Waals surface area contributed by atoms with Crippen molar-refractivity contribution in [3.8, 4) is 0 Å². The minimum atomic E-state index is -1.67. The molecule has 1 aromatic carbocycles. The molecule has 0 fully saturated rings. The molecule has 0 radical (unpaired) electrons. The largest absolute Gasteiger partial charge is 0.355 e. The van der Waals surface area contributed by atoms with Crippen LogP contribution < -0.4 is 5.32 Å². The Bertz CT molecular complexity index is 463. The lowest BCUT2D eigenvalue weighted by Gasteiger charge is -2.13. The van der Waals surface area contributed by atoms with Gasteiger partial charge in [0.1, 0.15) is 11.1 Å². The van der Waals surface area contributed by atoms with Gasteiger partial charge in [0.2, 0.25) is 5.91 Å². The van der Waals surface area contributed by atoms with Gasteiger partial charge in [0, 0.05) is 6.54 Å². The molecule has 0 spiro atoms. The molecule has 2 unspecified atom stereocenters. The van der Waals surface area contributed by atoms with Crippen LogP contribution in [0.5, 0.6) is 0 Å². The standard InChI is InChI=1S/C14H20FNO2S/c1-10(2)8-9-16-14(17)11(3)19(18)13-7-5-4-6-12(13)15/h4-7,10-11H,8-9H2,1-3H3,(H,16,17). The number of hydrogen-bond acceptors (Lipinski definition) is 2. The van der Waals surface area contributed by atoms with Gasteiger partial charge in [-0.3, -0.25) is 9.00 Å². The minimum absolute atomic E-state index is 0.0778. The maximum absolute atomic E-state index is 13.5. The molecule has 0 aliphatic rings. The van der Waals surface area contributed by atoms with E-state index in [0.717, 1.165) is 6.42 Å². The minimum Gasteiger partial charge on any atom is -0.355 e. The second-order valence-corrected chi connectivity index (χ2v) is 6.59. The highest BCUT2D eigenvalue weighted by Crippen LogP contribution is 2.15. The third-order valence-corrected chi connectivity index (χ3v) is 4.39. The van der Waals surface area contributed by atoms with Crippen LogP contribution in [0, 0.1) is 11.7 Å². The van der Waals surface area contributed by atoms with Crippen LogP contribution in [0.2, 0.25) is 0 Å². The topological polar surface area (TPSA) is 46.2 Å². The Hall–Kier alpha value is -1.23. The molecule has 0 aromatic heterocycles. The fraction of sp³-hybridized carbons (Fsp3) is 0.500. The number of amides is 1. The van der Waals surface area contributed by atoms with Crippen molar-refractivity contribution in [1.82, 2.24) is 5.32 Å². The lowest BCUT2D eigenvalue weighted by atomic mass is 10.1. The lowest BCUT2D eigenvalue weighted by molar-refractivity contribution is -0.120. The first-order valence-corrected chi connectivity index (χ1v) is 7.57. The van der Waals surface area contributed by atoms with E-state index in [1.54, 1.807) is 13.0 Å². The average Bonchev–Trinajstić information content (AvgIpc) is 2.37. The van der Waals surface area contributed by atoms with Crippen molar-refractivity contribution in [3.05, 3.63) is 30.1 Å². The van der Waals surface area contributed by atoms with Crippen LogP contribution in [0.3, 0.4) is 0 Å². The summed E-state index contributed by atoms with van der Waals surface area (Å²) >= 11 is 0. The molecule has 1 N–H and O–H groups in total. The second-order valence-electron chi connectivity index (χ2n) is 4.84. The molecule has 3 nitrogen and oxygen atoms in total. The van der Waals surface area contributed by atoms with Gasteiger partial charge in [0.05, 0.1) is 15.7 Å². The van der Waals surface area contributed by atoms with Crippen LogP contribution in [-0.4, -0.2) is 21.9 Å². The first kappa shape index (κ1) is 15.8. The van der Waals surface area contributed by atoms with Gasteiger partial charge in [-0.1, -0.05) is 26.0 Å². The Balaban J connectivity index is 2.62. The molecule has 1 amide bonds. The van der Waals surface area contributed by atoms with E-state index >= 15 is 0 Å². The number of benzene rings is 1. The van der Waals surface area contributed by atoms with Crippen LogP contribution in [0.25, 0.3) is 0 Å². The maximum atomic E-state index is 13.5. The summed E-state index contributed by atoms with van der Waals surface area (Å²) in [5, 5.41) is 1.97. The Labute approximate surface area is 116 Å². The molecule has 5 heteroatoms. The molecule has 2 atom stereocenters. The van der Waals surface area contributed by atoms with Crippen LogP contribution >= 0.6 is 0 Å². The van der Waals surface area contributed by atoms with Gasteiger partial charge in [-0.15, -0.1) is 0 Å². The zero-order valence-electron chi connectivity index (χ0n) is 11.5. The molecule has 1 aromatic rings. The van der Waals surface area contributed by atoms with Gasteiger partial charge in [0.25, 0.3) is 0 Å². The highest BCUT2D eigenvalue weighted by molar-refractivity contribution is 7.86. The zero-order valence-corrected chi connectivity index (χ0v) is 12.3. The lowest BCUT2D eigenvalue weighted by Crippen LogP contribution is -2.36. The highest BCUT2D eigenvalue weighted by Gasteiger charge is 2.23. The Morgan fingerprint density at radius 1 is 1.32 bits per heavy atom. The summed E-state index contributed by atoms with van der Waals surface area (Å²) in [4.78, 5) is 11.9. The highest BCUT2D eigenvalue weighted by atomic mass is 32.2. The van der Waals surface area contributed by atoms with Gasteiger partial charge in [0.15, 0.2) is 0 Å². The molecular formula is C14H20FNO2S. The van der Waals surface area contributed by atoms with Gasteiger partial charge >= 0.3 is 0 Å². The molecule has 0 aliphatic heterocycles. The fourth-order valence-corrected chi connectivity index (χ4v) is 2.65. The summed E-state index contributed by atoms with van der Waals surface area (Å²) in [6.45, 7) is 6.22. The quantitative estimate of drug-likeness (QED) is 0.873. The molecule has 19 heavy (non-hydrogen) atoms. The van der Waals surface area contributed by atoms with Crippen LogP contribution in [0.15, 0.2) is 29.2 Å². The van der Waals surface area contributed by atoms with E-state index in [1.807, 2.05) is 0 Å². The Morgan fingerprint density at radius 3 is 2.53 bits per heavy atom. The van der Waals surface area contributed by atoms with E-state index < -0.39 is 21.9 Å². The third kappa shape index (κ3) is 4.74. The number of rotatable bonds is 6. The summed E-state index contributed by atoms with van der Waals surface area (Å²) in [6.07, 6.45) is 0.866. The number of halogens is 1. The smallest absolute Gasteiger partial charge is 0.235 e. The summed E-state index contributed by atoms with van der Waals surface area (Å²) in [5.74, 6) is -0.349. The summed E-state index contributed by atoms with van der Waals surface area (Å²) in [7, 11) is -1.67. The number of carbonyl (C=O) groups is 1. The van der Waals surface area contributed by atoms with E-state index in [-0.39, 0.29) is 10.8 Å². The van der Waals surface area contributed by atoms with Crippen molar-refractivity contribution in [3.63, 3.8) is 0 Å². The first-order valence-electron chi connectivity index (χ1n) is 6.36. The van der Waals surface area contributed by atoms with Crippen molar-refractivity contribution < 1.29 is 13.4 Å². The van der Waals surface area contributed by atoms with E-state index in [2.05, 4.69) is 19.2 Å². The monoisotopic (exact) mass is 285 g/mol. The van der Waals surface area contributed by atoms with Crippen LogP contribution in [0.4, 0.5) is 4.39 Å². The average molecular weight is 285 g/mol. The van der Waals surface area contributed by atoms with Crippen molar-refractivity contribution in [1.29, 1.82) is 0 Å². The normalized spacial score (nSPS) is 14.2. The predicted octanol–water partition coefficient (Wildman–Crippen LogP) is 2.48. The van der Waals surface area contributed by atoms with Gasteiger partial charge in [-0.2, -0.15) is 0 Å². The number of nitrogens with one attached hydrogen (secondary N) is 1. The second kappa shape index (κ2) is 7.38. The number of hydrogen-bond donors (Lipinski definition) is 1. The van der Waals surface area contributed by atoms with E-state index in [0.29, 0.717) is 12.5 Å². The van der Waals surface area contributed by atoms with Crippen LogP contribution in [0.1, 0.15) is 27.2 Å². The van der Waals surface area contributed by atoms with Gasteiger partial charge in [-0.25, -0.2) is 4.39 Å². The summed E-state index contributed by atoms with van der Waals surface area (Å²) in [5.41, 5.74) is 0. The number of carbonyl (C=O) groups excluding carboxylic acids is 1. The molecule has 0 bridgehead atoms. The maximum Gasteiger partial charge on any atom is 0.235 e. The first-order chi connectivity index (χ1) is 8.93. The predicted molar refractivity (Wildman–Crippen MR) is 74.7 cm³/mol. The fourth-order valence-electron chi connectivity index (χ4n) is 1.52. The van der Waals surface area contributed by atoms with Crippen molar-refractivity contribution in [2.45, 2.75) is 37.3 Å². The molecular weight excluding hydrogens is 265 g/mol. The van der Waals surface area contributed by atoms with Crippen molar-refractivity contribution in [2.75, 3.05) is 6.54 Å². The molecule has 0 saturated heterocycles. The third-order valence-electron chi connectivity index (χ3n) is 2.76. The summed E-state index contributed by atoms with van der Waals surface area (Å²) < 4.78 is 25.6. The van der Waals surface area contributed by atoms with E-state index in [4.69, 9.17) is 0 Å². The Morgan fingerprint density at radius 2 is 1.95 bits per heavy atom. The molecule has 0 heterocycles. The molecule has 1 rings (SSSR count). The zero-order chi connectivity index (χ0) is 14.4. The molecule has 0 aliphatic carbocycles. The molecule has 0 saturated carbocycles. The van der Waals surface area contributed by atoms with Gasteiger partial charge < -0.3 is 5.32 Å². The summed E-state index contributed by atoms with van der Waals surface area (Å²) in [6, 6.07) is 5.84. The van der Waals surface area contributed by atoms with Crippen LogP contribution in [-0.2, 0) is 15.6 Å². The van der Waals surface area contributed by atoms with Crippen molar-refractivity contribution >= 4 is 16.7 Å². The Kier molecular flexibility index (Phi) is 6.15. The van der Waals surface area contributed by atoms with E-state index in [1.165, 1.54) is 18.2 Å².